The van der Waals surface area contributed by atoms with Gasteiger partial charge in [0.1, 0.15) is 4.90 Å². The summed E-state index contributed by atoms with van der Waals surface area (Å²) in [6.07, 6.45) is 0. The molecule has 0 aliphatic heterocycles. The van der Waals surface area contributed by atoms with Crippen molar-refractivity contribution in [3.63, 3.8) is 0 Å². The molecule has 0 bridgehead atoms. The third-order valence-corrected chi connectivity index (χ3v) is 6.81. The van der Waals surface area contributed by atoms with Crippen LogP contribution in [0.25, 0.3) is 0 Å². The lowest BCUT2D eigenvalue weighted by molar-refractivity contribution is 0.0956. The molecule has 0 atom stereocenters. The molecule has 0 spiro atoms. The smallest absolute Gasteiger partial charge is 0.263 e. The summed E-state index contributed by atoms with van der Waals surface area (Å²) < 4.78 is 28.1. The molecule has 0 aliphatic carbocycles. The number of anilines is 1. The highest BCUT2D eigenvalue weighted by atomic mass is 35.5. The van der Waals surface area contributed by atoms with Crippen molar-refractivity contribution in [2.24, 2.45) is 0 Å². The van der Waals surface area contributed by atoms with Crippen molar-refractivity contribution in [2.75, 3.05) is 17.0 Å². The molecule has 0 unspecified atom stereocenters. The van der Waals surface area contributed by atoms with Gasteiger partial charge in [0.15, 0.2) is 0 Å². The van der Waals surface area contributed by atoms with E-state index >= 15 is 0 Å². The predicted octanol–water partition coefficient (Wildman–Crippen LogP) is 4.71. The Labute approximate surface area is 176 Å². The Bertz CT molecular complexity index is 954. The average Bonchev–Trinajstić information content (AvgIpc) is 2.57. The zero-order valence-electron chi connectivity index (χ0n) is 16.4. The van der Waals surface area contributed by atoms with Gasteiger partial charge in [0, 0.05) is 28.3 Å². The molecule has 0 heterocycles. The van der Waals surface area contributed by atoms with Gasteiger partial charge in [-0.1, -0.05) is 44.5 Å². The van der Waals surface area contributed by atoms with Crippen LogP contribution in [0.4, 0.5) is 5.69 Å². The van der Waals surface area contributed by atoms with Crippen molar-refractivity contribution in [1.82, 2.24) is 5.32 Å². The minimum absolute atomic E-state index is 0.0555. The van der Waals surface area contributed by atoms with Crippen LogP contribution in [0.2, 0.25) is 5.02 Å². The number of sulfonamides is 1. The number of thioether (sulfide) groups is 1. The van der Waals surface area contributed by atoms with Crippen LogP contribution in [0.1, 0.15) is 36.7 Å². The van der Waals surface area contributed by atoms with Crippen LogP contribution in [0.3, 0.4) is 0 Å². The number of rotatable bonds is 7. The summed E-state index contributed by atoms with van der Waals surface area (Å²) >= 11 is 7.85. The topological polar surface area (TPSA) is 75.3 Å². The maximum atomic E-state index is 12.7. The quantitative estimate of drug-likeness (QED) is 0.611. The minimum Gasteiger partial charge on any atom is -0.351 e. The van der Waals surface area contributed by atoms with E-state index in [1.165, 1.54) is 18.2 Å². The molecule has 0 saturated heterocycles. The lowest BCUT2D eigenvalue weighted by Crippen LogP contribution is -2.27. The number of carbonyl (C=O) groups excluding carboxylic acids is 1. The molecule has 8 heteroatoms. The summed E-state index contributed by atoms with van der Waals surface area (Å²) in [7, 11) is -3.93. The Kier molecular flexibility index (Phi) is 7.42. The van der Waals surface area contributed by atoms with Crippen LogP contribution in [-0.2, 0) is 10.0 Å². The van der Waals surface area contributed by atoms with Gasteiger partial charge in [-0.05, 0) is 42.8 Å². The van der Waals surface area contributed by atoms with Gasteiger partial charge in [0.05, 0.1) is 5.02 Å². The molecule has 28 heavy (non-hydrogen) atoms. The van der Waals surface area contributed by atoms with Crippen LogP contribution in [0.5, 0.6) is 0 Å². The monoisotopic (exact) mass is 440 g/mol. The molecule has 0 fully saturated rings. The van der Waals surface area contributed by atoms with Gasteiger partial charge in [0.25, 0.3) is 15.9 Å². The number of carbonyl (C=O) groups is 1. The maximum absolute atomic E-state index is 12.7. The first-order chi connectivity index (χ1) is 13.0. The molecule has 0 aromatic heterocycles. The van der Waals surface area contributed by atoms with E-state index in [1.54, 1.807) is 30.0 Å². The van der Waals surface area contributed by atoms with E-state index in [4.69, 9.17) is 11.6 Å². The summed E-state index contributed by atoms with van der Waals surface area (Å²) in [4.78, 5) is 12.3. The molecular formula is C20H25ClN2O3S2. The van der Waals surface area contributed by atoms with E-state index < -0.39 is 10.0 Å². The zero-order chi connectivity index (χ0) is 20.9. The Morgan fingerprint density at radius 1 is 1.14 bits per heavy atom. The second-order valence-electron chi connectivity index (χ2n) is 7.34. The van der Waals surface area contributed by atoms with Crippen LogP contribution in [0.15, 0.2) is 47.4 Å². The average molecular weight is 441 g/mol. The second-order valence-corrected chi connectivity index (χ2v) is 11.3. The molecule has 2 rings (SSSR count). The van der Waals surface area contributed by atoms with Crippen molar-refractivity contribution in [1.29, 1.82) is 0 Å². The van der Waals surface area contributed by atoms with Crippen LogP contribution in [0, 0.1) is 6.92 Å². The van der Waals surface area contributed by atoms with E-state index in [1.807, 2.05) is 13.0 Å². The molecule has 5 nitrogen and oxygen atoms in total. The van der Waals surface area contributed by atoms with Crippen LogP contribution in [-0.4, -0.2) is 31.4 Å². The SMILES string of the molecule is Cc1cccc(NS(=O)(=O)c2cc(C(=O)NCCSC(C)(C)C)ccc2Cl)c1. The highest BCUT2D eigenvalue weighted by Crippen LogP contribution is 2.26. The number of benzene rings is 2. The lowest BCUT2D eigenvalue weighted by atomic mass is 10.2. The van der Waals surface area contributed by atoms with Gasteiger partial charge in [-0.2, -0.15) is 11.8 Å². The molecule has 0 aliphatic rings. The number of halogens is 1. The molecular weight excluding hydrogens is 416 g/mol. The predicted molar refractivity (Wildman–Crippen MR) is 118 cm³/mol. The number of amides is 1. The molecule has 2 N–H and O–H groups in total. The van der Waals surface area contributed by atoms with E-state index in [2.05, 4.69) is 30.8 Å². The molecule has 0 radical (unpaired) electrons. The summed E-state index contributed by atoms with van der Waals surface area (Å²) in [5, 5.41) is 2.86. The highest BCUT2D eigenvalue weighted by molar-refractivity contribution is 8.00. The van der Waals surface area contributed by atoms with Crippen LogP contribution < -0.4 is 10.0 Å². The fourth-order valence-electron chi connectivity index (χ4n) is 2.39. The Hall–Kier alpha value is -1.70. The second kappa shape index (κ2) is 9.20. The van der Waals surface area contributed by atoms with Gasteiger partial charge in [-0.25, -0.2) is 8.42 Å². The lowest BCUT2D eigenvalue weighted by Gasteiger charge is -2.17. The fourth-order valence-corrected chi connectivity index (χ4v) is 4.79. The van der Waals surface area contributed by atoms with E-state index in [-0.39, 0.29) is 26.1 Å². The first kappa shape index (κ1) is 22.6. The molecule has 152 valence electrons. The van der Waals surface area contributed by atoms with Gasteiger partial charge in [0.2, 0.25) is 0 Å². The molecule has 2 aromatic rings. The van der Waals surface area contributed by atoms with Crippen LogP contribution >= 0.6 is 23.4 Å². The first-order valence-electron chi connectivity index (χ1n) is 8.79. The van der Waals surface area contributed by atoms with Gasteiger partial charge in [-0.3, -0.25) is 9.52 Å². The standard InChI is InChI=1S/C20H25ClN2O3S2/c1-14-6-5-7-16(12-14)23-28(25,26)18-13-15(8-9-17(18)21)19(24)22-10-11-27-20(2,3)4/h5-9,12-13,23H,10-11H2,1-4H3,(H,22,24). The van der Waals surface area contributed by atoms with E-state index in [0.29, 0.717) is 12.2 Å². The molecule has 1 amide bonds. The van der Waals surface area contributed by atoms with Gasteiger partial charge < -0.3 is 5.32 Å². The summed E-state index contributed by atoms with van der Waals surface area (Å²) in [5.41, 5.74) is 1.60. The van der Waals surface area contributed by atoms with E-state index in [0.717, 1.165) is 11.3 Å². The first-order valence-corrected chi connectivity index (χ1v) is 11.6. The third kappa shape index (κ3) is 6.72. The van der Waals surface area contributed by atoms with Crippen molar-refractivity contribution < 1.29 is 13.2 Å². The number of aryl methyl sites for hydroxylation is 1. The largest absolute Gasteiger partial charge is 0.351 e. The minimum atomic E-state index is -3.93. The fraction of sp³-hybridized carbons (Fsp3) is 0.350. The number of hydrogen-bond donors (Lipinski definition) is 2. The Balaban J connectivity index is 2.14. The van der Waals surface area contributed by atoms with E-state index in [9.17, 15) is 13.2 Å². The third-order valence-electron chi connectivity index (χ3n) is 3.68. The highest BCUT2D eigenvalue weighted by Gasteiger charge is 2.20. The summed E-state index contributed by atoms with van der Waals surface area (Å²) in [6.45, 7) is 8.69. The van der Waals surface area contributed by atoms with Crippen molar-refractivity contribution in [2.45, 2.75) is 37.3 Å². The van der Waals surface area contributed by atoms with Crippen molar-refractivity contribution in [3.05, 3.63) is 58.6 Å². The molecule has 2 aromatic carbocycles. The number of nitrogens with one attached hydrogen (secondary N) is 2. The zero-order valence-corrected chi connectivity index (χ0v) is 18.8. The Morgan fingerprint density at radius 3 is 2.50 bits per heavy atom. The van der Waals surface area contributed by atoms with Gasteiger partial charge in [-0.15, -0.1) is 0 Å². The van der Waals surface area contributed by atoms with Gasteiger partial charge >= 0.3 is 0 Å². The van der Waals surface area contributed by atoms with Crippen molar-refractivity contribution >= 4 is 45.0 Å². The maximum Gasteiger partial charge on any atom is 0.263 e. The molecule has 0 saturated carbocycles. The summed E-state index contributed by atoms with van der Waals surface area (Å²) in [6, 6.07) is 11.2. The normalized spacial score (nSPS) is 11.9. The number of hydrogen-bond acceptors (Lipinski definition) is 4. The Morgan fingerprint density at radius 2 is 1.86 bits per heavy atom. The summed E-state index contributed by atoms with van der Waals surface area (Å²) in [5.74, 6) is 0.432. The van der Waals surface area contributed by atoms with Crippen molar-refractivity contribution in [3.8, 4) is 0 Å².